The molecule has 0 fully saturated rings. The molecule has 0 aromatic carbocycles. The van der Waals surface area contributed by atoms with Gasteiger partial charge in [0.25, 0.3) is 0 Å². The fraction of sp³-hybridized carbons (Fsp3) is 0.791. The summed E-state index contributed by atoms with van der Waals surface area (Å²) in [4.78, 5) is 12.2. The third-order valence-corrected chi connectivity index (χ3v) is 8.67. The van der Waals surface area contributed by atoms with Gasteiger partial charge in [0.2, 0.25) is 0 Å². The molecular weight excluding hydrogens is 580 g/mol. The van der Waals surface area contributed by atoms with Gasteiger partial charge in [0, 0.05) is 13.0 Å². The molecule has 274 valence electrons. The molecule has 0 saturated heterocycles. The van der Waals surface area contributed by atoms with Gasteiger partial charge in [0.1, 0.15) is 6.10 Å². The number of carbonyl (C=O) groups excluding carboxylic acids is 1. The van der Waals surface area contributed by atoms with Crippen LogP contribution in [0.5, 0.6) is 0 Å². The highest BCUT2D eigenvalue weighted by Gasteiger charge is 2.13. The fourth-order valence-corrected chi connectivity index (χ4v) is 5.67. The fourth-order valence-electron chi connectivity index (χ4n) is 5.67. The van der Waals surface area contributed by atoms with Crippen molar-refractivity contribution in [2.45, 2.75) is 200 Å². The van der Waals surface area contributed by atoms with Crippen LogP contribution in [0.25, 0.3) is 0 Å². The van der Waals surface area contributed by atoms with Crippen LogP contribution in [0.3, 0.4) is 0 Å². The molecule has 0 rings (SSSR count). The molecule has 1 N–H and O–H groups in total. The van der Waals surface area contributed by atoms with E-state index in [2.05, 4.69) is 62.5 Å². The van der Waals surface area contributed by atoms with Crippen molar-refractivity contribution in [1.82, 2.24) is 0 Å². The van der Waals surface area contributed by atoms with Crippen molar-refractivity contribution in [3.63, 3.8) is 0 Å². The summed E-state index contributed by atoms with van der Waals surface area (Å²) in [5.74, 6) is -0.205. The lowest BCUT2D eigenvalue weighted by Gasteiger charge is -2.16. The molecule has 47 heavy (non-hydrogen) atoms. The highest BCUT2D eigenvalue weighted by Crippen LogP contribution is 2.14. The van der Waals surface area contributed by atoms with E-state index in [1.807, 2.05) is 0 Å². The van der Waals surface area contributed by atoms with Crippen LogP contribution in [0.15, 0.2) is 48.6 Å². The molecule has 4 heteroatoms. The van der Waals surface area contributed by atoms with Crippen molar-refractivity contribution in [3.05, 3.63) is 48.6 Å². The first-order valence-corrected chi connectivity index (χ1v) is 20.2. The minimum atomic E-state index is -0.534. The molecule has 0 aliphatic rings. The number of carbonyl (C=O) groups is 1. The molecule has 4 nitrogen and oxygen atoms in total. The van der Waals surface area contributed by atoms with Gasteiger partial charge in [-0.15, -0.1) is 0 Å². The number of hydrogen-bond donors (Lipinski definition) is 1. The number of aliphatic hydroxyl groups is 1. The average molecular weight is 659 g/mol. The van der Waals surface area contributed by atoms with E-state index in [4.69, 9.17) is 9.47 Å². The van der Waals surface area contributed by atoms with Gasteiger partial charge in [0.15, 0.2) is 0 Å². The molecule has 1 unspecified atom stereocenters. The van der Waals surface area contributed by atoms with Crippen molar-refractivity contribution >= 4 is 5.97 Å². The number of allylic oxidation sites excluding steroid dienone is 8. The molecule has 0 saturated carbocycles. The van der Waals surface area contributed by atoms with E-state index < -0.39 is 6.10 Å². The Morgan fingerprint density at radius 2 is 0.957 bits per heavy atom. The van der Waals surface area contributed by atoms with Crippen molar-refractivity contribution < 1.29 is 19.4 Å². The van der Waals surface area contributed by atoms with E-state index in [0.717, 1.165) is 44.9 Å². The summed E-state index contributed by atoms with van der Waals surface area (Å²) in [6.45, 7) is 5.24. The number of esters is 1. The van der Waals surface area contributed by atoms with Crippen LogP contribution in [0.1, 0.15) is 194 Å². The van der Waals surface area contributed by atoms with Crippen LogP contribution in [0, 0.1) is 0 Å². The summed E-state index contributed by atoms with van der Waals surface area (Å²) in [6.07, 6.45) is 51.6. The van der Waals surface area contributed by atoms with Crippen LogP contribution in [-0.4, -0.2) is 37.0 Å². The molecule has 0 amide bonds. The first-order chi connectivity index (χ1) is 23.2. The second-order valence-electron chi connectivity index (χ2n) is 13.3. The zero-order valence-electron chi connectivity index (χ0n) is 31.3. The molecule has 0 heterocycles. The lowest BCUT2D eigenvalue weighted by atomic mass is 10.0. The van der Waals surface area contributed by atoms with E-state index in [1.165, 1.54) is 128 Å². The van der Waals surface area contributed by atoms with E-state index in [9.17, 15) is 9.90 Å². The Labute approximate surface area is 292 Å². The van der Waals surface area contributed by atoms with Crippen LogP contribution >= 0.6 is 0 Å². The van der Waals surface area contributed by atoms with Gasteiger partial charge in [-0.1, -0.05) is 184 Å². The van der Waals surface area contributed by atoms with Gasteiger partial charge >= 0.3 is 5.97 Å². The van der Waals surface area contributed by atoms with Crippen molar-refractivity contribution in [2.24, 2.45) is 0 Å². The lowest BCUT2D eigenvalue weighted by molar-refractivity contribution is -0.154. The molecular formula is C43H78O4. The van der Waals surface area contributed by atoms with E-state index in [1.54, 1.807) is 0 Å². The summed E-state index contributed by atoms with van der Waals surface area (Å²) in [7, 11) is 0. The summed E-state index contributed by atoms with van der Waals surface area (Å²) in [6, 6.07) is 0. The summed E-state index contributed by atoms with van der Waals surface area (Å²) in [5, 5.41) is 9.57. The van der Waals surface area contributed by atoms with Crippen molar-refractivity contribution in [3.8, 4) is 0 Å². The smallest absolute Gasteiger partial charge is 0.306 e. The standard InChI is InChI=1S/C43H78O4/c1-3-5-7-9-11-13-15-17-18-19-20-21-22-23-24-25-26-27-28-30-32-34-36-38-43(45)47-42(40-44)41-46-39-37-35-33-31-29-16-14-12-10-8-6-4-2/h5,7,11,13,17-18,20-21,42,44H,3-4,6,8-10,12,14-16,19,22-41H2,1-2H3/b7-5-,13-11-,18-17-,21-20-. The van der Waals surface area contributed by atoms with Gasteiger partial charge < -0.3 is 14.6 Å². The maximum absolute atomic E-state index is 12.2. The summed E-state index contributed by atoms with van der Waals surface area (Å²) < 4.78 is 11.1. The molecule has 0 bridgehead atoms. The van der Waals surface area contributed by atoms with E-state index >= 15 is 0 Å². The number of unbranched alkanes of at least 4 members (excludes halogenated alkanes) is 21. The summed E-state index contributed by atoms with van der Waals surface area (Å²) >= 11 is 0. The monoisotopic (exact) mass is 659 g/mol. The Bertz CT molecular complexity index is 738. The third-order valence-electron chi connectivity index (χ3n) is 8.67. The van der Waals surface area contributed by atoms with Crippen LogP contribution in [-0.2, 0) is 14.3 Å². The van der Waals surface area contributed by atoms with E-state index in [0.29, 0.717) is 19.6 Å². The number of rotatable bonds is 37. The molecule has 0 aliphatic carbocycles. The first kappa shape index (κ1) is 45.3. The zero-order chi connectivity index (χ0) is 34.1. The first-order valence-electron chi connectivity index (χ1n) is 20.2. The molecule has 0 radical (unpaired) electrons. The Kier molecular flexibility index (Phi) is 39.1. The maximum Gasteiger partial charge on any atom is 0.306 e. The topological polar surface area (TPSA) is 55.8 Å². The second kappa shape index (κ2) is 40.5. The van der Waals surface area contributed by atoms with Gasteiger partial charge in [-0.05, 0) is 51.4 Å². The largest absolute Gasteiger partial charge is 0.457 e. The van der Waals surface area contributed by atoms with Crippen molar-refractivity contribution in [2.75, 3.05) is 19.8 Å². The Hall–Kier alpha value is -1.65. The normalized spacial score (nSPS) is 12.8. The predicted octanol–water partition coefficient (Wildman–Crippen LogP) is 13.1. The highest BCUT2D eigenvalue weighted by molar-refractivity contribution is 5.69. The summed E-state index contributed by atoms with van der Waals surface area (Å²) in [5.41, 5.74) is 0. The van der Waals surface area contributed by atoms with Crippen LogP contribution in [0.2, 0.25) is 0 Å². The van der Waals surface area contributed by atoms with Crippen LogP contribution in [0.4, 0.5) is 0 Å². The van der Waals surface area contributed by atoms with Crippen LogP contribution < -0.4 is 0 Å². The Balaban J connectivity index is 3.44. The highest BCUT2D eigenvalue weighted by atomic mass is 16.6. The van der Waals surface area contributed by atoms with Gasteiger partial charge in [-0.3, -0.25) is 4.79 Å². The van der Waals surface area contributed by atoms with Gasteiger partial charge in [0.05, 0.1) is 13.2 Å². The number of hydrogen-bond acceptors (Lipinski definition) is 4. The molecule has 0 aromatic heterocycles. The minimum Gasteiger partial charge on any atom is -0.457 e. The second-order valence-corrected chi connectivity index (χ2v) is 13.3. The SMILES string of the molecule is CC/C=C\C/C=C\C/C=C\C/C=C\CCCCCCCCCCCCC(=O)OC(CO)COCCCCCCCCCCCCCC. The van der Waals surface area contributed by atoms with Gasteiger partial charge in [-0.25, -0.2) is 0 Å². The molecule has 0 spiro atoms. The van der Waals surface area contributed by atoms with Gasteiger partial charge in [-0.2, -0.15) is 0 Å². The maximum atomic E-state index is 12.2. The minimum absolute atomic E-state index is 0.172. The average Bonchev–Trinajstić information content (AvgIpc) is 3.08. The Morgan fingerprint density at radius 1 is 0.532 bits per heavy atom. The van der Waals surface area contributed by atoms with E-state index in [-0.39, 0.29) is 12.6 Å². The zero-order valence-corrected chi connectivity index (χ0v) is 31.3. The lowest BCUT2D eigenvalue weighted by Crippen LogP contribution is -2.27. The third kappa shape index (κ3) is 38.7. The van der Waals surface area contributed by atoms with Crippen molar-refractivity contribution in [1.29, 1.82) is 0 Å². The number of ether oxygens (including phenoxy) is 2. The predicted molar refractivity (Wildman–Crippen MR) is 205 cm³/mol. The molecule has 0 aliphatic heterocycles. The number of aliphatic hydroxyl groups excluding tert-OH is 1. The molecule has 0 aromatic rings. The Morgan fingerprint density at radius 3 is 1.45 bits per heavy atom. The quantitative estimate of drug-likeness (QED) is 0.0410. The molecule has 1 atom stereocenters.